The molecule has 4 nitrogen and oxygen atoms in total. The molecule has 0 aromatic heterocycles. The highest BCUT2D eigenvalue weighted by atomic mass is 16.3. The standard InChI is InChI=1S/C19H28O4/c1-18-7-5-10(20)9-13(18)16(22)17(23)15-11-3-4-14(21)19(11,2)8-6-12(15)18/h9,11-12,14-17,21-23H,3-8H2,1-2H3/t11?,12?,14-,15?,16+,17+,18+,19-/m0/s1. The summed E-state index contributed by atoms with van der Waals surface area (Å²) in [5.74, 6) is 0.649. The summed E-state index contributed by atoms with van der Waals surface area (Å²) in [7, 11) is 0. The molecule has 128 valence electrons. The van der Waals surface area contributed by atoms with Gasteiger partial charge in [-0.05, 0) is 72.3 Å². The molecule has 4 heteroatoms. The number of hydrogen-bond donors (Lipinski definition) is 3. The molecule has 0 saturated heterocycles. The minimum absolute atomic E-state index is 0.0243. The fraction of sp³-hybridized carbons (Fsp3) is 0.842. The molecule has 0 aromatic carbocycles. The van der Waals surface area contributed by atoms with E-state index in [4.69, 9.17) is 0 Å². The first-order chi connectivity index (χ1) is 10.8. The van der Waals surface area contributed by atoms with E-state index in [0.717, 1.165) is 37.7 Å². The molecular weight excluding hydrogens is 292 g/mol. The van der Waals surface area contributed by atoms with E-state index >= 15 is 0 Å². The molecule has 4 rings (SSSR count). The Labute approximate surface area is 137 Å². The van der Waals surface area contributed by atoms with Crippen LogP contribution in [-0.2, 0) is 4.79 Å². The third kappa shape index (κ3) is 1.92. The van der Waals surface area contributed by atoms with Crippen molar-refractivity contribution >= 4 is 5.78 Å². The summed E-state index contributed by atoms with van der Waals surface area (Å²) < 4.78 is 0. The molecule has 23 heavy (non-hydrogen) atoms. The molecule has 4 aliphatic carbocycles. The zero-order valence-electron chi connectivity index (χ0n) is 14.0. The van der Waals surface area contributed by atoms with Crippen molar-refractivity contribution in [2.45, 2.75) is 70.7 Å². The van der Waals surface area contributed by atoms with Gasteiger partial charge in [-0.3, -0.25) is 4.79 Å². The Bertz CT molecular complexity index is 570. The van der Waals surface area contributed by atoms with Crippen LogP contribution in [0.4, 0.5) is 0 Å². The third-order valence-electron chi connectivity index (χ3n) is 8.00. The lowest BCUT2D eigenvalue weighted by atomic mass is 9.46. The van der Waals surface area contributed by atoms with Crippen LogP contribution in [0.2, 0.25) is 0 Å². The zero-order valence-corrected chi connectivity index (χ0v) is 14.0. The molecule has 0 aliphatic heterocycles. The Morgan fingerprint density at radius 1 is 1.04 bits per heavy atom. The third-order valence-corrected chi connectivity index (χ3v) is 8.00. The van der Waals surface area contributed by atoms with Crippen molar-refractivity contribution in [3.63, 3.8) is 0 Å². The van der Waals surface area contributed by atoms with Crippen LogP contribution in [0.15, 0.2) is 11.6 Å². The molecule has 0 heterocycles. The van der Waals surface area contributed by atoms with Gasteiger partial charge in [0.25, 0.3) is 0 Å². The number of aliphatic hydroxyl groups excluding tert-OH is 3. The highest BCUT2D eigenvalue weighted by Crippen LogP contribution is 2.65. The van der Waals surface area contributed by atoms with Gasteiger partial charge in [-0.25, -0.2) is 0 Å². The second-order valence-corrected chi connectivity index (χ2v) is 8.85. The average molecular weight is 320 g/mol. The Balaban J connectivity index is 1.78. The van der Waals surface area contributed by atoms with E-state index in [1.54, 1.807) is 6.08 Å². The first kappa shape index (κ1) is 15.8. The molecule has 0 aromatic rings. The van der Waals surface area contributed by atoms with Crippen molar-refractivity contribution in [1.82, 2.24) is 0 Å². The second-order valence-electron chi connectivity index (χ2n) is 8.85. The van der Waals surface area contributed by atoms with Crippen LogP contribution >= 0.6 is 0 Å². The van der Waals surface area contributed by atoms with Crippen LogP contribution in [0.3, 0.4) is 0 Å². The number of ketones is 1. The maximum Gasteiger partial charge on any atom is 0.155 e. The van der Waals surface area contributed by atoms with E-state index in [0.29, 0.717) is 12.3 Å². The minimum atomic E-state index is -0.939. The molecule has 0 amide bonds. The Hall–Kier alpha value is -0.710. The van der Waals surface area contributed by atoms with Crippen LogP contribution < -0.4 is 0 Å². The second kappa shape index (κ2) is 4.90. The quantitative estimate of drug-likeness (QED) is 0.636. The Morgan fingerprint density at radius 2 is 1.78 bits per heavy atom. The van der Waals surface area contributed by atoms with Crippen molar-refractivity contribution in [3.8, 4) is 0 Å². The van der Waals surface area contributed by atoms with Gasteiger partial charge < -0.3 is 15.3 Å². The first-order valence-electron chi connectivity index (χ1n) is 9.08. The van der Waals surface area contributed by atoms with Crippen molar-refractivity contribution < 1.29 is 20.1 Å². The smallest absolute Gasteiger partial charge is 0.155 e. The van der Waals surface area contributed by atoms with Gasteiger partial charge in [0.05, 0.1) is 12.2 Å². The molecule has 0 spiro atoms. The van der Waals surface area contributed by atoms with E-state index in [1.807, 2.05) is 0 Å². The highest BCUT2D eigenvalue weighted by molar-refractivity contribution is 5.92. The van der Waals surface area contributed by atoms with Gasteiger partial charge in [0, 0.05) is 6.42 Å². The maximum atomic E-state index is 11.8. The number of carbonyl (C=O) groups excluding carboxylic acids is 1. The molecule has 3 N–H and O–H groups in total. The van der Waals surface area contributed by atoms with Gasteiger partial charge in [0.1, 0.15) is 6.10 Å². The van der Waals surface area contributed by atoms with E-state index in [-0.39, 0.29) is 34.6 Å². The van der Waals surface area contributed by atoms with Gasteiger partial charge in [0.15, 0.2) is 5.78 Å². The SMILES string of the molecule is C[C@]12CCC(=O)C=C1[C@@H](O)[C@H](O)C1C2CC[C@@]2(C)C1CC[C@@H]2O. The van der Waals surface area contributed by atoms with Gasteiger partial charge in [-0.2, -0.15) is 0 Å². The van der Waals surface area contributed by atoms with E-state index in [9.17, 15) is 20.1 Å². The highest BCUT2D eigenvalue weighted by Gasteiger charge is 2.63. The van der Waals surface area contributed by atoms with Crippen molar-refractivity contribution in [1.29, 1.82) is 0 Å². The zero-order chi connectivity index (χ0) is 16.6. The van der Waals surface area contributed by atoms with Gasteiger partial charge in [-0.1, -0.05) is 13.8 Å². The lowest BCUT2D eigenvalue weighted by Gasteiger charge is -2.60. The molecular formula is C19H28O4. The summed E-state index contributed by atoms with van der Waals surface area (Å²) >= 11 is 0. The van der Waals surface area contributed by atoms with Crippen molar-refractivity contribution in [2.24, 2.45) is 28.6 Å². The van der Waals surface area contributed by atoms with Crippen LogP contribution in [0.25, 0.3) is 0 Å². The predicted octanol–water partition coefficient (Wildman–Crippen LogP) is 1.82. The number of carbonyl (C=O) groups is 1. The molecule has 4 aliphatic rings. The number of hydrogen-bond acceptors (Lipinski definition) is 4. The van der Waals surface area contributed by atoms with Crippen LogP contribution in [0.5, 0.6) is 0 Å². The van der Waals surface area contributed by atoms with Gasteiger partial charge >= 0.3 is 0 Å². The predicted molar refractivity (Wildman–Crippen MR) is 85.5 cm³/mol. The van der Waals surface area contributed by atoms with Crippen LogP contribution in [-0.4, -0.2) is 39.4 Å². The number of rotatable bonds is 0. The Kier molecular flexibility index (Phi) is 3.37. The summed E-state index contributed by atoms with van der Waals surface area (Å²) in [6.07, 6.45) is 4.51. The monoisotopic (exact) mass is 320 g/mol. The lowest BCUT2D eigenvalue weighted by molar-refractivity contribution is -0.155. The van der Waals surface area contributed by atoms with Crippen LogP contribution in [0.1, 0.15) is 52.4 Å². The van der Waals surface area contributed by atoms with Gasteiger partial charge in [-0.15, -0.1) is 0 Å². The minimum Gasteiger partial charge on any atom is -0.393 e. The van der Waals surface area contributed by atoms with Crippen molar-refractivity contribution in [2.75, 3.05) is 0 Å². The molecule has 8 atom stereocenters. The molecule has 3 fully saturated rings. The topological polar surface area (TPSA) is 77.8 Å². The van der Waals surface area contributed by atoms with E-state index in [2.05, 4.69) is 13.8 Å². The summed E-state index contributed by atoms with van der Waals surface area (Å²) in [6.45, 7) is 4.33. The van der Waals surface area contributed by atoms with Crippen LogP contribution in [0, 0.1) is 28.6 Å². The summed E-state index contributed by atoms with van der Waals surface area (Å²) in [5, 5.41) is 32.1. The molecule has 3 saturated carbocycles. The fourth-order valence-corrected chi connectivity index (χ4v) is 6.54. The summed E-state index contributed by atoms with van der Waals surface area (Å²) in [5.41, 5.74) is 0.431. The molecule has 3 unspecified atom stereocenters. The van der Waals surface area contributed by atoms with Gasteiger partial charge in [0.2, 0.25) is 0 Å². The molecule has 0 radical (unpaired) electrons. The first-order valence-corrected chi connectivity index (χ1v) is 9.08. The summed E-state index contributed by atoms with van der Waals surface area (Å²) in [4.78, 5) is 11.8. The average Bonchev–Trinajstić information content (AvgIpc) is 2.82. The summed E-state index contributed by atoms with van der Waals surface area (Å²) in [6, 6.07) is 0. The number of aliphatic hydroxyl groups is 3. The molecule has 0 bridgehead atoms. The van der Waals surface area contributed by atoms with E-state index in [1.165, 1.54) is 0 Å². The van der Waals surface area contributed by atoms with E-state index < -0.39 is 12.2 Å². The fourth-order valence-electron chi connectivity index (χ4n) is 6.54. The largest absolute Gasteiger partial charge is 0.393 e. The maximum absolute atomic E-state index is 11.8. The normalized spacial score (nSPS) is 55.7. The Morgan fingerprint density at radius 3 is 2.52 bits per heavy atom. The number of fused-ring (bicyclic) bond motifs is 5. The van der Waals surface area contributed by atoms with Crippen molar-refractivity contribution in [3.05, 3.63) is 11.6 Å². The lowest BCUT2D eigenvalue weighted by Crippen LogP contribution is -2.60.